The van der Waals surface area contributed by atoms with Gasteiger partial charge >= 0.3 is 11.9 Å². The fraction of sp³-hybridized carbons (Fsp3) is 0.700. The largest absolute Gasteiger partial charge is 0.474 e. The highest BCUT2D eigenvalue weighted by molar-refractivity contribution is 6.31. The fourth-order valence-corrected chi connectivity index (χ4v) is 1.57. The summed E-state index contributed by atoms with van der Waals surface area (Å²) in [6.45, 7) is 3.94. The second-order valence-electron chi connectivity index (χ2n) is 4.06. The van der Waals surface area contributed by atoms with Crippen LogP contribution < -0.4 is 5.32 Å². The SMILES string of the molecule is CC(C)NC(=O)C1COCCN1C(=O)C(=O)O. The van der Waals surface area contributed by atoms with Crippen molar-refractivity contribution >= 4 is 17.8 Å². The molecule has 0 aliphatic carbocycles. The third kappa shape index (κ3) is 3.42. The van der Waals surface area contributed by atoms with Crippen molar-refractivity contribution in [1.29, 1.82) is 0 Å². The molecule has 1 aliphatic rings. The number of carboxylic acid groups (broad SMARTS) is 1. The minimum absolute atomic E-state index is 0.0254. The van der Waals surface area contributed by atoms with Gasteiger partial charge in [0.15, 0.2) is 0 Å². The monoisotopic (exact) mass is 244 g/mol. The first-order chi connectivity index (χ1) is 7.93. The molecule has 1 unspecified atom stereocenters. The molecule has 1 heterocycles. The number of hydrogen-bond donors (Lipinski definition) is 2. The van der Waals surface area contributed by atoms with Crippen LogP contribution in [0, 0.1) is 0 Å². The van der Waals surface area contributed by atoms with Crippen LogP contribution in [0.4, 0.5) is 0 Å². The van der Waals surface area contributed by atoms with Gasteiger partial charge in [-0.25, -0.2) is 4.79 Å². The highest BCUT2D eigenvalue weighted by Gasteiger charge is 2.35. The minimum Gasteiger partial charge on any atom is -0.474 e. The Hall–Kier alpha value is -1.63. The van der Waals surface area contributed by atoms with Crippen LogP contribution in [-0.4, -0.2) is 59.6 Å². The Balaban J connectivity index is 2.75. The predicted octanol–water partition coefficient (Wildman–Crippen LogP) is -1.18. The second kappa shape index (κ2) is 5.62. The quantitative estimate of drug-likeness (QED) is 0.596. The molecule has 1 rings (SSSR count). The van der Waals surface area contributed by atoms with Crippen molar-refractivity contribution in [2.45, 2.75) is 25.9 Å². The topological polar surface area (TPSA) is 95.9 Å². The second-order valence-corrected chi connectivity index (χ2v) is 4.06. The number of aliphatic carboxylic acids is 1. The zero-order valence-electron chi connectivity index (χ0n) is 9.80. The van der Waals surface area contributed by atoms with Gasteiger partial charge in [-0.1, -0.05) is 0 Å². The third-order valence-corrected chi connectivity index (χ3v) is 2.31. The van der Waals surface area contributed by atoms with Crippen LogP contribution >= 0.6 is 0 Å². The summed E-state index contributed by atoms with van der Waals surface area (Å²) < 4.78 is 5.10. The molecule has 1 aliphatic heterocycles. The number of amides is 2. The van der Waals surface area contributed by atoms with E-state index in [4.69, 9.17) is 9.84 Å². The highest BCUT2D eigenvalue weighted by Crippen LogP contribution is 2.08. The summed E-state index contributed by atoms with van der Waals surface area (Å²) in [4.78, 5) is 34.8. The van der Waals surface area contributed by atoms with Crippen LogP contribution in [0.1, 0.15) is 13.8 Å². The smallest absolute Gasteiger partial charge is 0.394 e. The van der Waals surface area contributed by atoms with Gasteiger partial charge in [-0.05, 0) is 13.8 Å². The van der Waals surface area contributed by atoms with Crippen molar-refractivity contribution in [3.8, 4) is 0 Å². The summed E-state index contributed by atoms with van der Waals surface area (Å²) >= 11 is 0. The molecule has 7 nitrogen and oxygen atoms in total. The Labute approximate surface area is 98.7 Å². The van der Waals surface area contributed by atoms with Crippen LogP contribution in [-0.2, 0) is 19.1 Å². The van der Waals surface area contributed by atoms with Gasteiger partial charge in [-0.2, -0.15) is 0 Å². The van der Waals surface area contributed by atoms with Crippen molar-refractivity contribution < 1.29 is 24.2 Å². The number of carboxylic acids is 1. The summed E-state index contributed by atoms with van der Waals surface area (Å²) in [6.07, 6.45) is 0. The molecule has 0 bridgehead atoms. The van der Waals surface area contributed by atoms with Gasteiger partial charge in [0.05, 0.1) is 13.2 Å². The number of rotatable bonds is 2. The molecule has 96 valence electrons. The first kappa shape index (κ1) is 13.4. The highest BCUT2D eigenvalue weighted by atomic mass is 16.5. The average molecular weight is 244 g/mol. The van der Waals surface area contributed by atoms with Crippen LogP contribution in [0.25, 0.3) is 0 Å². The molecule has 1 saturated heterocycles. The van der Waals surface area contributed by atoms with Gasteiger partial charge in [0, 0.05) is 12.6 Å². The van der Waals surface area contributed by atoms with E-state index in [2.05, 4.69) is 5.32 Å². The lowest BCUT2D eigenvalue weighted by atomic mass is 10.2. The Kier molecular flexibility index (Phi) is 4.45. The summed E-state index contributed by atoms with van der Waals surface area (Å²) in [5, 5.41) is 11.3. The number of hydrogen-bond acceptors (Lipinski definition) is 4. The fourth-order valence-electron chi connectivity index (χ4n) is 1.57. The van der Waals surface area contributed by atoms with Gasteiger partial charge in [-0.15, -0.1) is 0 Å². The molecule has 1 atom stereocenters. The Morgan fingerprint density at radius 1 is 1.41 bits per heavy atom. The lowest BCUT2D eigenvalue weighted by Crippen LogP contribution is -2.58. The van der Waals surface area contributed by atoms with Crippen molar-refractivity contribution in [2.75, 3.05) is 19.8 Å². The van der Waals surface area contributed by atoms with Gasteiger partial charge in [0.1, 0.15) is 6.04 Å². The van der Waals surface area contributed by atoms with Crippen molar-refractivity contribution in [1.82, 2.24) is 10.2 Å². The molecular weight excluding hydrogens is 228 g/mol. The molecule has 0 spiro atoms. The van der Waals surface area contributed by atoms with E-state index in [1.807, 2.05) is 0 Å². The van der Waals surface area contributed by atoms with E-state index in [1.165, 1.54) is 0 Å². The van der Waals surface area contributed by atoms with E-state index in [1.54, 1.807) is 13.8 Å². The number of ether oxygens (including phenoxy) is 1. The molecule has 17 heavy (non-hydrogen) atoms. The van der Waals surface area contributed by atoms with Crippen LogP contribution in [0.3, 0.4) is 0 Å². The van der Waals surface area contributed by atoms with Crippen molar-refractivity contribution in [3.05, 3.63) is 0 Å². The molecule has 1 fully saturated rings. The summed E-state index contributed by atoms with van der Waals surface area (Å²) in [5.74, 6) is -3.03. The number of nitrogens with zero attached hydrogens (tertiary/aromatic N) is 1. The van der Waals surface area contributed by atoms with Gasteiger partial charge in [0.2, 0.25) is 5.91 Å². The molecule has 0 aromatic rings. The van der Waals surface area contributed by atoms with E-state index in [9.17, 15) is 14.4 Å². The standard InChI is InChI=1S/C10H16N2O5/c1-6(2)11-8(13)7-5-17-4-3-12(7)9(14)10(15)16/h6-7H,3-5H2,1-2H3,(H,11,13)(H,15,16). The molecule has 2 amide bonds. The Morgan fingerprint density at radius 3 is 2.59 bits per heavy atom. The lowest BCUT2D eigenvalue weighted by molar-refractivity contribution is -0.162. The van der Waals surface area contributed by atoms with Gasteiger partial charge < -0.3 is 20.1 Å². The maximum absolute atomic E-state index is 11.8. The first-order valence-corrected chi connectivity index (χ1v) is 5.35. The molecule has 0 aromatic carbocycles. The number of nitrogens with one attached hydrogen (secondary N) is 1. The summed E-state index contributed by atoms with van der Waals surface area (Å²) in [5.41, 5.74) is 0. The molecule has 0 radical (unpaired) electrons. The van der Waals surface area contributed by atoms with Crippen LogP contribution in [0.5, 0.6) is 0 Å². The third-order valence-electron chi connectivity index (χ3n) is 2.31. The van der Waals surface area contributed by atoms with Crippen LogP contribution in [0.15, 0.2) is 0 Å². The van der Waals surface area contributed by atoms with E-state index in [0.29, 0.717) is 0 Å². The molecule has 0 saturated carbocycles. The summed E-state index contributed by atoms with van der Waals surface area (Å²) in [7, 11) is 0. The molecular formula is C10H16N2O5. The van der Waals surface area contributed by atoms with Gasteiger partial charge in [0.25, 0.3) is 0 Å². The van der Waals surface area contributed by atoms with Crippen molar-refractivity contribution in [3.63, 3.8) is 0 Å². The zero-order valence-corrected chi connectivity index (χ0v) is 9.80. The predicted molar refractivity (Wildman–Crippen MR) is 57.2 cm³/mol. The zero-order chi connectivity index (χ0) is 13.0. The summed E-state index contributed by atoms with van der Waals surface area (Å²) in [6, 6.07) is -0.944. The minimum atomic E-state index is -1.56. The number of carbonyl (C=O) groups is 3. The molecule has 7 heteroatoms. The molecule has 2 N–H and O–H groups in total. The Morgan fingerprint density at radius 2 is 2.06 bits per heavy atom. The van der Waals surface area contributed by atoms with E-state index >= 15 is 0 Å². The van der Waals surface area contributed by atoms with E-state index < -0.39 is 23.8 Å². The van der Waals surface area contributed by atoms with E-state index in [0.717, 1.165) is 4.90 Å². The maximum Gasteiger partial charge on any atom is 0.394 e. The lowest BCUT2D eigenvalue weighted by Gasteiger charge is -2.33. The van der Waals surface area contributed by atoms with Gasteiger partial charge in [-0.3, -0.25) is 9.59 Å². The van der Waals surface area contributed by atoms with E-state index in [-0.39, 0.29) is 25.8 Å². The first-order valence-electron chi connectivity index (χ1n) is 5.35. The number of carbonyl (C=O) groups excluding carboxylic acids is 2. The number of morpholine rings is 1. The van der Waals surface area contributed by atoms with Crippen LogP contribution in [0.2, 0.25) is 0 Å². The van der Waals surface area contributed by atoms with Crippen molar-refractivity contribution in [2.24, 2.45) is 0 Å². The normalized spacial score (nSPS) is 20.2. The Bertz CT molecular complexity index is 329. The maximum atomic E-state index is 11.8. The average Bonchev–Trinajstić information content (AvgIpc) is 2.27. The molecule has 0 aromatic heterocycles.